The zero-order valence-corrected chi connectivity index (χ0v) is 14.1. The largest absolute Gasteiger partial charge is 0.337 e. The molecule has 24 heavy (non-hydrogen) atoms. The normalized spacial score (nSPS) is 15.8. The van der Waals surface area contributed by atoms with Gasteiger partial charge in [-0.2, -0.15) is 5.26 Å². The molecule has 0 spiro atoms. The molecule has 1 aromatic heterocycles. The van der Waals surface area contributed by atoms with E-state index in [0.717, 1.165) is 36.5 Å². The Morgan fingerprint density at radius 1 is 1.25 bits per heavy atom. The second-order valence-electron chi connectivity index (χ2n) is 5.81. The number of rotatable bonds is 3. The molecule has 1 aliphatic heterocycles. The van der Waals surface area contributed by atoms with Gasteiger partial charge in [0.1, 0.15) is 5.82 Å². The van der Waals surface area contributed by atoms with Crippen molar-refractivity contribution in [1.82, 2.24) is 9.80 Å². The number of thiophene rings is 1. The van der Waals surface area contributed by atoms with E-state index >= 15 is 0 Å². The molecular weight excluding hydrogens is 325 g/mol. The highest BCUT2D eigenvalue weighted by molar-refractivity contribution is 7.12. The van der Waals surface area contributed by atoms with Crippen LogP contribution in [0, 0.1) is 17.1 Å². The van der Waals surface area contributed by atoms with E-state index < -0.39 is 0 Å². The molecule has 2 aromatic rings. The first-order valence-electron chi connectivity index (χ1n) is 7.91. The Labute approximate surface area is 144 Å². The molecule has 4 nitrogen and oxygen atoms in total. The van der Waals surface area contributed by atoms with E-state index in [1.54, 1.807) is 6.07 Å². The maximum Gasteiger partial charge on any atom is 0.263 e. The predicted molar refractivity (Wildman–Crippen MR) is 91.2 cm³/mol. The minimum absolute atomic E-state index is 0.0892. The van der Waals surface area contributed by atoms with Crippen molar-refractivity contribution in [3.05, 3.63) is 57.5 Å². The Morgan fingerprint density at radius 3 is 2.88 bits per heavy atom. The molecule has 3 rings (SSSR count). The first-order chi connectivity index (χ1) is 11.7. The molecule has 1 fully saturated rings. The summed E-state index contributed by atoms with van der Waals surface area (Å²) in [5.41, 5.74) is 1.21. The molecule has 0 bridgehead atoms. The molecule has 1 saturated heterocycles. The zero-order valence-electron chi connectivity index (χ0n) is 13.2. The predicted octanol–water partition coefficient (Wildman–Crippen LogP) is 3.11. The number of benzene rings is 1. The topological polar surface area (TPSA) is 47.3 Å². The van der Waals surface area contributed by atoms with Gasteiger partial charge in [0.15, 0.2) is 0 Å². The van der Waals surface area contributed by atoms with E-state index in [2.05, 4.69) is 11.0 Å². The van der Waals surface area contributed by atoms with Gasteiger partial charge in [0, 0.05) is 32.7 Å². The Bertz CT molecular complexity index is 754. The molecular formula is C18H18FN3OS. The minimum Gasteiger partial charge on any atom is -0.337 e. The van der Waals surface area contributed by atoms with E-state index in [1.807, 2.05) is 22.4 Å². The number of carbonyl (C=O) groups excluding carboxylic acids is 1. The zero-order chi connectivity index (χ0) is 16.9. The van der Waals surface area contributed by atoms with Gasteiger partial charge in [-0.25, -0.2) is 4.39 Å². The van der Waals surface area contributed by atoms with E-state index in [4.69, 9.17) is 5.26 Å². The summed E-state index contributed by atoms with van der Waals surface area (Å²) in [4.78, 5) is 17.3. The average molecular weight is 343 g/mol. The molecule has 1 aliphatic rings. The Morgan fingerprint density at radius 2 is 2.12 bits per heavy atom. The summed E-state index contributed by atoms with van der Waals surface area (Å²) in [6.07, 6.45) is 0.889. The third-order valence-electron chi connectivity index (χ3n) is 4.19. The minimum atomic E-state index is -0.390. The second kappa shape index (κ2) is 7.56. The molecule has 2 heterocycles. The van der Waals surface area contributed by atoms with Gasteiger partial charge in [0.05, 0.1) is 16.5 Å². The van der Waals surface area contributed by atoms with Gasteiger partial charge in [0.25, 0.3) is 5.91 Å². The molecule has 0 atom stereocenters. The van der Waals surface area contributed by atoms with Crippen molar-refractivity contribution in [2.45, 2.75) is 13.0 Å². The fourth-order valence-electron chi connectivity index (χ4n) is 2.92. The number of hydrogen-bond donors (Lipinski definition) is 0. The van der Waals surface area contributed by atoms with Crippen LogP contribution >= 0.6 is 11.3 Å². The van der Waals surface area contributed by atoms with Crippen LogP contribution in [0.25, 0.3) is 0 Å². The summed E-state index contributed by atoms with van der Waals surface area (Å²) >= 11 is 1.46. The van der Waals surface area contributed by atoms with Crippen LogP contribution in [0.5, 0.6) is 0 Å². The molecule has 0 radical (unpaired) electrons. The standard InChI is InChI=1S/C18H18FN3OS/c19-16-5-4-14(15(11-16)12-20)13-21-6-2-7-22(9-8-21)18(23)17-3-1-10-24-17/h1,3-5,10-11H,2,6-9,13H2. The van der Waals surface area contributed by atoms with Crippen LogP contribution in [0.1, 0.15) is 27.2 Å². The lowest BCUT2D eigenvalue weighted by molar-refractivity contribution is 0.0766. The van der Waals surface area contributed by atoms with Crippen LogP contribution in [0.15, 0.2) is 35.7 Å². The number of nitrogens with zero attached hydrogens (tertiary/aromatic N) is 3. The van der Waals surface area contributed by atoms with Crippen LogP contribution in [-0.4, -0.2) is 41.9 Å². The molecule has 1 amide bonds. The van der Waals surface area contributed by atoms with Gasteiger partial charge in [-0.05, 0) is 35.6 Å². The highest BCUT2D eigenvalue weighted by Gasteiger charge is 2.21. The van der Waals surface area contributed by atoms with Gasteiger partial charge < -0.3 is 4.90 Å². The molecule has 124 valence electrons. The number of carbonyl (C=O) groups is 1. The summed E-state index contributed by atoms with van der Waals surface area (Å²) in [5.74, 6) is -0.301. The van der Waals surface area contributed by atoms with Gasteiger partial charge in [-0.15, -0.1) is 11.3 Å². The number of halogens is 1. The summed E-state index contributed by atoms with van der Waals surface area (Å²) in [6, 6.07) is 10.1. The van der Waals surface area contributed by atoms with E-state index in [-0.39, 0.29) is 11.7 Å². The quantitative estimate of drug-likeness (QED) is 0.860. The lowest BCUT2D eigenvalue weighted by Crippen LogP contribution is -2.34. The first kappa shape index (κ1) is 16.6. The van der Waals surface area contributed by atoms with E-state index in [1.165, 1.54) is 23.5 Å². The SMILES string of the molecule is N#Cc1cc(F)ccc1CN1CCCN(C(=O)c2cccs2)CC1. The second-order valence-corrected chi connectivity index (χ2v) is 6.76. The molecule has 0 unspecified atom stereocenters. The number of amides is 1. The molecule has 1 aromatic carbocycles. The summed E-state index contributed by atoms with van der Waals surface area (Å²) in [6.45, 7) is 3.61. The first-order valence-corrected chi connectivity index (χ1v) is 8.79. The van der Waals surface area contributed by atoms with Gasteiger partial charge in [0.2, 0.25) is 0 Å². The fraction of sp³-hybridized carbons (Fsp3) is 0.333. The molecule has 0 N–H and O–H groups in total. The smallest absolute Gasteiger partial charge is 0.263 e. The number of hydrogen-bond acceptors (Lipinski definition) is 4. The third kappa shape index (κ3) is 3.81. The van der Waals surface area contributed by atoms with Gasteiger partial charge in [-0.3, -0.25) is 9.69 Å². The highest BCUT2D eigenvalue weighted by Crippen LogP contribution is 2.17. The van der Waals surface area contributed by atoms with Crippen molar-refractivity contribution in [2.24, 2.45) is 0 Å². The van der Waals surface area contributed by atoms with Crippen LogP contribution in [-0.2, 0) is 6.54 Å². The summed E-state index contributed by atoms with van der Waals surface area (Å²) in [7, 11) is 0. The summed E-state index contributed by atoms with van der Waals surface area (Å²) in [5, 5.41) is 11.1. The van der Waals surface area contributed by atoms with Crippen LogP contribution in [0.3, 0.4) is 0 Å². The average Bonchev–Trinajstić information content (AvgIpc) is 3.03. The lowest BCUT2D eigenvalue weighted by Gasteiger charge is -2.22. The maximum absolute atomic E-state index is 13.2. The number of nitriles is 1. The van der Waals surface area contributed by atoms with Crippen molar-refractivity contribution in [1.29, 1.82) is 5.26 Å². The van der Waals surface area contributed by atoms with Crippen molar-refractivity contribution >= 4 is 17.2 Å². The third-order valence-corrected chi connectivity index (χ3v) is 5.05. The van der Waals surface area contributed by atoms with Crippen molar-refractivity contribution in [3.8, 4) is 6.07 Å². The van der Waals surface area contributed by atoms with Crippen LogP contribution in [0.2, 0.25) is 0 Å². The highest BCUT2D eigenvalue weighted by atomic mass is 32.1. The van der Waals surface area contributed by atoms with Crippen molar-refractivity contribution < 1.29 is 9.18 Å². The molecule has 0 aliphatic carbocycles. The van der Waals surface area contributed by atoms with Crippen molar-refractivity contribution in [3.63, 3.8) is 0 Å². The Hall–Kier alpha value is -2.23. The molecule has 6 heteroatoms. The Kier molecular flexibility index (Phi) is 5.24. The van der Waals surface area contributed by atoms with E-state index in [9.17, 15) is 9.18 Å². The van der Waals surface area contributed by atoms with Crippen LogP contribution in [0.4, 0.5) is 4.39 Å². The van der Waals surface area contributed by atoms with Crippen molar-refractivity contribution in [2.75, 3.05) is 26.2 Å². The fourth-order valence-corrected chi connectivity index (χ4v) is 3.61. The van der Waals surface area contributed by atoms with Gasteiger partial charge in [-0.1, -0.05) is 12.1 Å². The van der Waals surface area contributed by atoms with Gasteiger partial charge >= 0.3 is 0 Å². The van der Waals surface area contributed by atoms with Crippen LogP contribution < -0.4 is 0 Å². The van der Waals surface area contributed by atoms with E-state index in [0.29, 0.717) is 18.7 Å². The summed E-state index contributed by atoms with van der Waals surface area (Å²) < 4.78 is 13.2. The molecule has 0 saturated carbocycles. The lowest BCUT2D eigenvalue weighted by atomic mass is 10.1. The Balaban J connectivity index is 1.64. The maximum atomic E-state index is 13.2. The monoisotopic (exact) mass is 343 g/mol.